The Morgan fingerprint density at radius 1 is 1.22 bits per heavy atom. The minimum Gasteiger partial charge on any atom is -0.370 e. The number of aliphatic imine (C=N–C) groups is 1. The van der Waals surface area contributed by atoms with Crippen LogP contribution >= 0.6 is 11.3 Å². The molecule has 118 valence electrons. The summed E-state index contributed by atoms with van der Waals surface area (Å²) in [6, 6.07) is 14.2. The number of benzene rings is 1. The van der Waals surface area contributed by atoms with Gasteiger partial charge in [-0.2, -0.15) is 5.10 Å². The first-order valence-electron chi connectivity index (χ1n) is 7.46. The highest BCUT2D eigenvalue weighted by Crippen LogP contribution is 2.10. The van der Waals surface area contributed by atoms with E-state index in [1.165, 1.54) is 4.88 Å². The van der Waals surface area contributed by atoms with Crippen LogP contribution in [0.1, 0.15) is 10.4 Å². The Morgan fingerprint density at radius 2 is 2.09 bits per heavy atom. The maximum Gasteiger partial charge on any atom is 0.188 e. The molecule has 0 saturated heterocycles. The quantitative estimate of drug-likeness (QED) is 0.541. The van der Waals surface area contributed by atoms with Crippen LogP contribution in [-0.2, 0) is 13.0 Å². The second kappa shape index (κ2) is 7.60. The molecule has 3 aromatic rings. The van der Waals surface area contributed by atoms with E-state index < -0.39 is 0 Å². The van der Waals surface area contributed by atoms with Crippen molar-refractivity contribution in [2.45, 2.75) is 13.0 Å². The van der Waals surface area contributed by atoms with E-state index in [-0.39, 0.29) is 0 Å². The molecule has 5 nitrogen and oxygen atoms in total. The molecular weight excluding hydrogens is 306 g/mol. The lowest BCUT2D eigenvalue weighted by atomic mass is 10.2. The summed E-state index contributed by atoms with van der Waals surface area (Å²) < 4.78 is 1.83. The monoisotopic (exact) mass is 325 g/mol. The summed E-state index contributed by atoms with van der Waals surface area (Å²) in [4.78, 5) is 5.72. The average Bonchev–Trinajstić information content (AvgIpc) is 3.27. The number of thiophene rings is 1. The van der Waals surface area contributed by atoms with E-state index in [2.05, 4.69) is 32.9 Å². The Kier molecular flexibility index (Phi) is 5.06. The van der Waals surface area contributed by atoms with Gasteiger partial charge >= 0.3 is 0 Å². The molecule has 2 heterocycles. The highest BCUT2D eigenvalue weighted by molar-refractivity contribution is 7.09. The zero-order valence-electron chi connectivity index (χ0n) is 12.7. The number of nitrogens with two attached hydrogens (primary N) is 1. The van der Waals surface area contributed by atoms with Crippen LogP contribution in [0.2, 0.25) is 0 Å². The second-order valence-electron chi connectivity index (χ2n) is 5.07. The molecule has 0 aliphatic carbocycles. The summed E-state index contributed by atoms with van der Waals surface area (Å²) in [7, 11) is 0. The van der Waals surface area contributed by atoms with Gasteiger partial charge in [0.05, 0.1) is 12.2 Å². The van der Waals surface area contributed by atoms with Crippen molar-refractivity contribution in [1.29, 1.82) is 0 Å². The van der Waals surface area contributed by atoms with Crippen molar-refractivity contribution in [2.75, 3.05) is 6.54 Å². The molecule has 23 heavy (non-hydrogen) atoms. The summed E-state index contributed by atoms with van der Waals surface area (Å²) in [5, 5.41) is 9.43. The van der Waals surface area contributed by atoms with Crippen molar-refractivity contribution in [2.24, 2.45) is 10.7 Å². The standard InChI is InChI=1S/C17H19N5S/c18-17(19-10-8-16-3-1-12-23-16)20-13-14-4-6-15(7-5-14)22-11-2-9-21-22/h1-7,9,11-12H,8,10,13H2,(H3,18,19,20). The van der Waals surface area contributed by atoms with Gasteiger partial charge in [-0.3, -0.25) is 0 Å². The van der Waals surface area contributed by atoms with Crippen molar-refractivity contribution in [3.63, 3.8) is 0 Å². The van der Waals surface area contributed by atoms with Gasteiger partial charge in [0.1, 0.15) is 0 Å². The Balaban J connectivity index is 1.48. The Morgan fingerprint density at radius 3 is 2.78 bits per heavy atom. The summed E-state index contributed by atoms with van der Waals surface area (Å²) in [5.41, 5.74) is 8.04. The van der Waals surface area contributed by atoms with Crippen LogP contribution in [0.4, 0.5) is 0 Å². The normalized spacial score (nSPS) is 11.6. The van der Waals surface area contributed by atoms with Gasteiger partial charge in [-0.15, -0.1) is 11.3 Å². The lowest BCUT2D eigenvalue weighted by Crippen LogP contribution is -2.33. The minimum absolute atomic E-state index is 0.484. The molecule has 3 N–H and O–H groups in total. The van der Waals surface area contributed by atoms with E-state index in [1.54, 1.807) is 17.5 Å². The predicted molar refractivity (Wildman–Crippen MR) is 94.9 cm³/mol. The maximum absolute atomic E-state index is 5.90. The molecular formula is C17H19N5S. The molecule has 0 saturated carbocycles. The van der Waals surface area contributed by atoms with E-state index in [4.69, 9.17) is 5.73 Å². The number of nitrogens with one attached hydrogen (secondary N) is 1. The van der Waals surface area contributed by atoms with Gasteiger partial charge in [-0.1, -0.05) is 18.2 Å². The molecule has 3 rings (SSSR count). The third-order valence-electron chi connectivity index (χ3n) is 3.39. The molecule has 0 radical (unpaired) electrons. The van der Waals surface area contributed by atoms with Gasteiger partial charge < -0.3 is 11.1 Å². The van der Waals surface area contributed by atoms with Crippen LogP contribution < -0.4 is 11.1 Å². The average molecular weight is 325 g/mol. The zero-order valence-corrected chi connectivity index (χ0v) is 13.5. The molecule has 0 unspecified atom stereocenters. The molecule has 0 fully saturated rings. The van der Waals surface area contributed by atoms with E-state index >= 15 is 0 Å². The fourth-order valence-electron chi connectivity index (χ4n) is 2.18. The van der Waals surface area contributed by atoms with E-state index in [0.717, 1.165) is 24.2 Å². The van der Waals surface area contributed by atoms with Gasteiger partial charge in [-0.05, 0) is 41.6 Å². The molecule has 0 aliphatic heterocycles. The first-order chi connectivity index (χ1) is 11.3. The minimum atomic E-state index is 0.484. The van der Waals surface area contributed by atoms with Gasteiger partial charge in [0.2, 0.25) is 0 Å². The molecule has 6 heteroatoms. The highest BCUT2D eigenvalue weighted by atomic mass is 32.1. The third kappa shape index (κ3) is 4.43. The zero-order chi connectivity index (χ0) is 15.9. The predicted octanol–water partition coefficient (Wildman–Crippen LogP) is 2.58. The fraction of sp³-hybridized carbons (Fsp3) is 0.176. The molecule has 0 aliphatic rings. The third-order valence-corrected chi connectivity index (χ3v) is 4.33. The number of rotatable bonds is 6. The van der Waals surface area contributed by atoms with Gasteiger partial charge in [0.15, 0.2) is 5.96 Å². The second-order valence-corrected chi connectivity index (χ2v) is 6.11. The van der Waals surface area contributed by atoms with Crippen molar-refractivity contribution in [3.8, 4) is 5.69 Å². The molecule has 0 amide bonds. The SMILES string of the molecule is NC(=NCc1ccc(-n2cccn2)cc1)NCCc1cccs1. The first-order valence-corrected chi connectivity index (χ1v) is 8.34. The Hall–Kier alpha value is -2.60. The topological polar surface area (TPSA) is 68.2 Å². The van der Waals surface area contributed by atoms with E-state index in [1.807, 2.05) is 41.2 Å². The van der Waals surface area contributed by atoms with E-state index in [9.17, 15) is 0 Å². The number of hydrogen-bond acceptors (Lipinski definition) is 3. The largest absolute Gasteiger partial charge is 0.370 e. The summed E-state index contributed by atoms with van der Waals surface area (Å²) in [6.07, 6.45) is 4.65. The molecule has 1 aromatic carbocycles. The summed E-state index contributed by atoms with van der Waals surface area (Å²) in [5.74, 6) is 0.484. The molecule has 0 spiro atoms. The number of aromatic nitrogens is 2. The number of nitrogens with zero attached hydrogens (tertiary/aromatic N) is 3. The summed E-state index contributed by atoms with van der Waals surface area (Å²) in [6.45, 7) is 1.37. The van der Waals surface area contributed by atoms with Crippen LogP contribution in [0, 0.1) is 0 Å². The molecule has 0 atom stereocenters. The van der Waals surface area contributed by atoms with E-state index in [0.29, 0.717) is 12.5 Å². The lowest BCUT2D eigenvalue weighted by molar-refractivity contribution is 0.856. The van der Waals surface area contributed by atoms with Crippen molar-refractivity contribution in [1.82, 2.24) is 15.1 Å². The first kappa shape index (κ1) is 15.3. The van der Waals surface area contributed by atoms with Crippen molar-refractivity contribution in [3.05, 3.63) is 70.7 Å². The fourth-order valence-corrected chi connectivity index (χ4v) is 2.89. The smallest absolute Gasteiger partial charge is 0.188 e. The molecule has 0 bridgehead atoms. The maximum atomic E-state index is 5.90. The van der Waals surface area contributed by atoms with Crippen LogP contribution in [0.5, 0.6) is 0 Å². The Bertz CT molecular complexity index is 730. The van der Waals surface area contributed by atoms with Gasteiger partial charge in [-0.25, -0.2) is 9.67 Å². The number of hydrogen-bond donors (Lipinski definition) is 2. The summed E-state index contributed by atoms with van der Waals surface area (Å²) >= 11 is 1.76. The van der Waals surface area contributed by atoms with Crippen LogP contribution in [0.3, 0.4) is 0 Å². The van der Waals surface area contributed by atoms with Crippen LogP contribution in [0.15, 0.2) is 65.2 Å². The van der Waals surface area contributed by atoms with Gasteiger partial charge in [0, 0.05) is 23.8 Å². The van der Waals surface area contributed by atoms with Crippen LogP contribution in [0.25, 0.3) is 5.69 Å². The van der Waals surface area contributed by atoms with Gasteiger partial charge in [0.25, 0.3) is 0 Å². The van der Waals surface area contributed by atoms with Crippen molar-refractivity contribution < 1.29 is 0 Å². The lowest BCUT2D eigenvalue weighted by Gasteiger charge is -2.05. The number of guanidine groups is 1. The Labute approximate surface area is 139 Å². The molecule has 2 aromatic heterocycles. The van der Waals surface area contributed by atoms with Crippen LogP contribution in [-0.4, -0.2) is 22.3 Å². The highest BCUT2D eigenvalue weighted by Gasteiger charge is 1.98. The van der Waals surface area contributed by atoms with Crippen molar-refractivity contribution >= 4 is 17.3 Å².